The number of fused-ring (bicyclic) bond motifs is 1. The van der Waals surface area contributed by atoms with E-state index in [1.807, 2.05) is 0 Å². The average molecular weight is 258 g/mol. The van der Waals surface area contributed by atoms with Gasteiger partial charge in [-0.3, -0.25) is 4.90 Å². The first-order valence-electron chi connectivity index (χ1n) is 7.37. The molecule has 2 aliphatic rings. The number of hydrogen-bond acceptors (Lipinski definition) is 3. The SMILES string of the molecule is CCC1(N2CCCCC2)C(=NO)Cc2ccccc21. The predicted molar refractivity (Wildman–Crippen MR) is 76.8 cm³/mol. The van der Waals surface area contributed by atoms with E-state index in [-0.39, 0.29) is 5.54 Å². The highest BCUT2D eigenvalue weighted by molar-refractivity contribution is 6.00. The molecule has 0 aromatic heterocycles. The third kappa shape index (κ3) is 1.79. The van der Waals surface area contributed by atoms with Crippen LogP contribution >= 0.6 is 0 Å². The van der Waals surface area contributed by atoms with Crippen molar-refractivity contribution in [1.82, 2.24) is 4.90 Å². The highest BCUT2D eigenvalue weighted by atomic mass is 16.4. The lowest BCUT2D eigenvalue weighted by atomic mass is 9.84. The standard InChI is InChI=1S/C16H22N2O/c1-2-16(18-10-6-3-7-11-18)14-9-5-4-8-13(14)12-15(16)17-19/h4-5,8-9,19H,2-3,6-7,10-12H2,1H3. The molecule has 0 radical (unpaired) electrons. The van der Waals surface area contributed by atoms with Crippen LogP contribution in [0.15, 0.2) is 29.4 Å². The van der Waals surface area contributed by atoms with Gasteiger partial charge in [0.1, 0.15) is 0 Å². The van der Waals surface area contributed by atoms with Gasteiger partial charge in [-0.05, 0) is 43.5 Å². The van der Waals surface area contributed by atoms with Crippen molar-refractivity contribution in [1.29, 1.82) is 0 Å². The second-order valence-corrected chi connectivity index (χ2v) is 5.64. The molecular weight excluding hydrogens is 236 g/mol. The molecule has 1 aliphatic heterocycles. The summed E-state index contributed by atoms with van der Waals surface area (Å²) in [6.07, 6.45) is 5.59. The number of rotatable bonds is 2. The minimum atomic E-state index is -0.161. The highest BCUT2D eigenvalue weighted by Gasteiger charge is 2.47. The Morgan fingerprint density at radius 2 is 1.95 bits per heavy atom. The van der Waals surface area contributed by atoms with E-state index in [1.54, 1.807) is 0 Å². The Morgan fingerprint density at radius 1 is 1.21 bits per heavy atom. The van der Waals surface area contributed by atoms with Crippen molar-refractivity contribution in [3.8, 4) is 0 Å². The van der Waals surface area contributed by atoms with Gasteiger partial charge in [0.05, 0.1) is 11.3 Å². The van der Waals surface area contributed by atoms with Crippen LogP contribution in [0.25, 0.3) is 0 Å². The summed E-state index contributed by atoms with van der Waals surface area (Å²) >= 11 is 0. The Morgan fingerprint density at radius 3 is 2.63 bits per heavy atom. The molecule has 0 amide bonds. The van der Waals surface area contributed by atoms with Gasteiger partial charge in [0.15, 0.2) is 0 Å². The van der Waals surface area contributed by atoms with E-state index in [0.29, 0.717) is 0 Å². The summed E-state index contributed by atoms with van der Waals surface area (Å²) in [6, 6.07) is 8.57. The summed E-state index contributed by atoms with van der Waals surface area (Å²) in [5.41, 5.74) is 3.44. The first-order chi connectivity index (χ1) is 9.32. The lowest BCUT2D eigenvalue weighted by Gasteiger charge is -2.43. The zero-order chi connectivity index (χ0) is 13.3. The monoisotopic (exact) mass is 258 g/mol. The first-order valence-corrected chi connectivity index (χ1v) is 7.37. The predicted octanol–water partition coefficient (Wildman–Crippen LogP) is 3.16. The van der Waals surface area contributed by atoms with Gasteiger partial charge in [-0.15, -0.1) is 0 Å². The van der Waals surface area contributed by atoms with Gasteiger partial charge in [0.2, 0.25) is 0 Å². The Bertz CT molecular complexity index is 491. The van der Waals surface area contributed by atoms with E-state index in [0.717, 1.165) is 31.6 Å². The van der Waals surface area contributed by atoms with Crippen LogP contribution in [0, 0.1) is 0 Å². The minimum Gasteiger partial charge on any atom is -0.411 e. The van der Waals surface area contributed by atoms with Crippen LogP contribution in [0.3, 0.4) is 0 Å². The van der Waals surface area contributed by atoms with E-state index < -0.39 is 0 Å². The summed E-state index contributed by atoms with van der Waals surface area (Å²) in [7, 11) is 0. The van der Waals surface area contributed by atoms with Crippen LogP contribution < -0.4 is 0 Å². The number of nitrogens with zero attached hydrogens (tertiary/aromatic N) is 2. The second kappa shape index (κ2) is 4.97. The van der Waals surface area contributed by atoms with Crippen LogP contribution in [0.2, 0.25) is 0 Å². The molecule has 1 saturated heterocycles. The summed E-state index contributed by atoms with van der Waals surface area (Å²) in [4.78, 5) is 2.54. The van der Waals surface area contributed by atoms with Crippen molar-refractivity contribution in [2.75, 3.05) is 13.1 Å². The van der Waals surface area contributed by atoms with Crippen molar-refractivity contribution in [2.24, 2.45) is 5.16 Å². The van der Waals surface area contributed by atoms with Crippen LogP contribution in [0.1, 0.15) is 43.7 Å². The van der Waals surface area contributed by atoms with Gasteiger partial charge in [-0.25, -0.2) is 0 Å². The summed E-state index contributed by atoms with van der Waals surface area (Å²) in [6.45, 7) is 4.43. The third-order valence-corrected chi connectivity index (χ3v) is 4.83. The highest BCUT2D eigenvalue weighted by Crippen LogP contribution is 2.43. The van der Waals surface area contributed by atoms with Crippen molar-refractivity contribution in [2.45, 2.75) is 44.6 Å². The second-order valence-electron chi connectivity index (χ2n) is 5.64. The first kappa shape index (κ1) is 12.7. The average Bonchev–Trinajstić information content (AvgIpc) is 2.82. The van der Waals surface area contributed by atoms with Gasteiger partial charge in [0, 0.05) is 6.42 Å². The topological polar surface area (TPSA) is 35.8 Å². The Hall–Kier alpha value is -1.35. The third-order valence-electron chi connectivity index (χ3n) is 4.83. The molecule has 1 aliphatic carbocycles. The van der Waals surface area contributed by atoms with E-state index in [2.05, 4.69) is 41.2 Å². The summed E-state index contributed by atoms with van der Waals surface area (Å²) < 4.78 is 0. The molecule has 1 unspecified atom stereocenters. The molecule has 3 nitrogen and oxygen atoms in total. The minimum absolute atomic E-state index is 0.161. The molecule has 1 atom stereocenters. The maximum atomic E-state index is 9.50. The molecule has 3 heteroatoms. The van der Waals surface area contributed by atoms with E-state index >= 15 is 0 Å². The van der Waals surface area contributed by atoms with Gasteiger partial charge in [-0.2, -0.15) is 0 Å². The molecule has 1 aromatic rings. The van der Waals surface area contributed by atoms with Crippen LogP contribution in [0.4, 0.5) is 0 Å². The van der Waals surface area contributed by atoms with Crippen molar-refractivity contribution in [3.05, 3.63) is 35.4 Å². The lowest BCUT2D eigenvalue weighted by molar-refractivity contribution is 0.113. The zero-order valence-electron chi connectivity index (χ0n) is 11.6. The molecular formula is C16H22N2O. The van der Waals surface area contributed by atoms with Gasteiger partial charge >= 0.3 is 0 Å². The molecule has 1 heterocycles. The van der Waals surface area contributed by atoms with Gasteiger partial charge in [0.25, 0.3) is 0 Å². The van der Waals surface area contributed by atoms with Crippen LogP contribution in [-0.4, -0.2) is 28.9 Å². The largest absolute Gasteiger partial charge is 0.411 e. The summed E-state index contributed by atoms with van der Waals surface area (Å²) in [5.74, 6) is 0. The van der Waals surface area contributed by atoms with Crippen LogP contribution in [0.5, 0.6) is 0 Å². The number of likely N-dealkylation sites (tertiary alicyclic amines) is 1. The molecule has 102 valence electrons. The maximum absolute atomic E-state index is 9.50. The molecule has 1 aromatic carbocycles. The molecule has 0 saturated carbocycles. The molecule has 3 rings (SSSR count). The van der Waals surface area contributed by atoms with Gasteiger partial charge in [-0.1, -0.05) is 42.8 Å². The van der Waals surface area contributed by atoms with Crippen molar-refractivity contribution < 1.29 is 5.21 Å². The zero-order valence-corrected chi connectivity index (χ0v) is 11.6. The summed E-state index contributed by atoms with van der Waals surface area (Å²) in [5, 5.41) is 13.2. The molecule has 0 bridgehead atoms. The number of oxime groups is 1. The molecule has 19 heavy (non-hydrogen) atoms. The number of piperidine rings is 1. The fourth-order valence-corrected chi connectivity index (χ4v) is 3.92. The fraction of sp³-hybridized carbons (Fsp3) is 0.562. The van der Waals surface area contributed by atoms with Crippen LogP contribution in [-0.2, 0) is 12.0 Å². The normalized spacial score (nSPS) is 29.6. The fourth-order valence-electron chi connectivity index (χ4n) is 3.92. The van der Waals surface area contributed by atoms with Crippen molar-refractivity contribution >= 4 is 5.71 Å². The lowest BCUT2D eigenvalue weighted by Crippen LogP contribution is -2.51. The molecule has 0 spiro atoms. The Balaban J connectivity index is 2.11. The Kier molecular flexibility index (Phi) is 3.31. The number of hydrogen-bond donors (Lipinski definition) is 1. The van der Waals surface area contributed by atoms with E-state index in [9.17, 15) is 5.21 Å². The number of benzene rings is 1. The molecule has 1 fully saturated rings. The Labute approximate surface area is 114 Å². The van der Waals surface area contributed by atoms with E-state index in [1.165, 1.54) is 30.4 Å². The van der Waals surface area contributed by atoms with E-state index in [4.69, 9.17) is 0 Å². The quantitative estimate of drug-likeness (QED) is 0.653. The maximum Gasteiger partial charge on any atom is 0.0886 e. The molecule has 1 N–H and O–H groups in total. The smallest absolute Gasteiger partial charge is 0.0886 e. The van der Waals surface area contributed by atoms with Gasteiger partial charge < -0.3 is 5.21 Å². The van der Waals surface area contributed by atoms with Crippen molar-refractivity contribution in [3.63, 3.8) is 0 Å².